The van der Waals surface area contributed by atoms with Crippen molar-refractivity contribution >= 4 is 33.8 Å². The highest BCUT2D eigenvalue weighted by Crippen LogP contribution is 2.28. The van der Waals surface area contributed by atoms with Crippen molar-refractivity contribution in [3.05, 3.63) is 70.2 Å². The number of amides is 2. The monoisotopic (exact) mass is 416 g/mol. The summed E-state index contributed by atoms with van der Waals surface area (Å²) in [5.41, 5.74) is 6.69. The summed E-state index contributed by atoms with van der Waals surface area (Å²) < 4.78 is 6.25. The van der Waals surface area contributed by atoms with Gasteiger partial charge < -0.3 is 4.74 Å². The summed E-state index contributed by atoms with van der Waals surface area (Å²) in [7, 11) is 0. The SMILES string of the molecule is CC(C)c1ccc(OCC(=O)NNC(=O)C=Cc2ccccc2)c(Br)c1. The summed E-state index contributed by atoms with van der Waals surface area (Å²) in [6.45, 7) is 4.00. The fourth-order valence-electron chi connectivity index (χ4n) is 2.08. The molecule has 136 valence electrons. The van der Waals surface area contributed by atoms with Gasteiger partial charge in [-0.2, -0.15) is 0 Å². The number of hydrazine groups is 1. The van der Waals surface area contributed by atoms with Crippen LogP contribution in [-0.4, -0.2) is 18.4 Å². The molecule has 0 saturated carbocycles. The van der Waals surface area contributed by atoms with Crippen molar-refractivity contribution in [3.8, 4) is 5.75 Å². The Balaban J connectivity index is 1.77. The molecular weight excluding hydrogens is 396 g/mol. The Morgan fingerprint density at radius 3 is 2.50 bits per heavy atom. The first-order valence-electron chi connectivity index (χ1n) is 8.20. The second kappa shape index (κ2) is 9.77. The van der Waals surface area contributed by atoms with Crippen molar-refractivity contribution in [2.75, 3.05) is 6.61 Å². The van der Waals surface area contributed by atoms with Crippen LogP contribution < -0.4 is 15.6 Å². The lowest BCUT2D eigenvalue weighted by Gasteiger charge is -2.11. The molecule has 2 aromatic rings. The number of nitrogens with one attached hydrogen (secondary N) is 2. The van der Waals surface area contributed by atoms with Gasteiger partial charge in [-0.05, 0) is 51.2 Å². The molecule has 0 aliphatic carbocycles. The first-order valence-corrected chi connectivity index (χ1v) is 8.99. The Morgan fingerprint density at radius 1 is 1.12 bits per heavy atom. The van der Waals surface area contributed by atoms with Crippen LogP contribution in [0.4, 0.5) is 0 Å². The second-order valence-corrected chi connectivity index (χ2v) is 6.77. The Kier molecular flexibility index (Phi) is 7.41. The van der Waals surface area contributed by atoms with Crippen LogP contribution in [0.25, 0.3) is 6.08 Å². The summed E-state index contributed by atoms with van der Waals surface area (Å²) in [5.74, 6) is 0.0959. The summed E-state index contributed by atoms with van der Waals surface area (Å²) in [5, 5.41) is 0. The van der Waals surface area contributed by atoms with Gasteiger partial charge in [0.05, 0.1) is 4.47 Å². The minimum Gasteiger partial charge on any atom is -0.483 e. The highest BCUT2D eigenvalue weighted by Gasteiger charge is 2.08. The first kappa shape index (κ1) is 19.7. The number of hydrogen-bond donors (Lipinski definition) is 2. The van der Waals surface area contributed by atoms with Gasteiger partial charge in [0.25, 0.3) is 11.8 Å². The predicted molar refractivity (Wildman–Crippen MR) is 105 cm³/mol. The molecule has 2 rings (SSSR count). The van der Waals surface area contributed by atoms with Crippen LogP contribution >= 0.6 is 15.9 Å². The Bertz CT molecular complexity index is 789. The molecule has 2 N–H and O–H groups in total. The van der Waals surface area contributed by atoms with Crippen LogP contribution in [-0.2, 0) is 9.59 Å². The fraction of sp³-hybridized carbons (Fsp3) is 0.200. The van der Waals surface area contributed by atoms with Crippen molar-refractivity contribution in [1.29, 1.82) is 0 Å². The lowest BCUT2D eigenvalue weighted by atomic mass is 10.0. The summed E-state index contributed by atoms with van der Waals surface area (Å²) in [6.07, 6.45) is 3.00. The van der Waals surface area contributed by atoms with Crippen LogP contribution in [0.15, 0.2) is 59.1 Å². The molecule has 0 aliphatic heterocycles. The molecule has 0 atom stereocenters. The first-order chi connectivity index (χ1) is 12.5. The van der Waals surface area contributed by atoms with E-state index in [1.165, 1.54) is 11.6 Å². The molecule has 0 aromatic heterocycles. The van der Waals surface area contributed by atoms with Crippen molar-refractivity contribution in [3.63, 3.8) is 0 Å². The quantitative estimate of drug-likeness (QED) is 0.555. The maximum Gasteiger partial charge on any atom is 0.276 e. The molecule has 0 spiro atoms. The number of rotatable bonds is 6. The van der Waals surface area contributed by atoms with Crippen LogP contribution in [0.5, 0.6) is 5.75 Å². The van der Waals surface area contributed by atoms with Crippen molar-refractivity contribution in [2.24, 2.45) is 0 Å². The molecule has 0 heterocycles. The zero-order valence-electron chi connectivity index (χ0n) is 14.7. The smallest absolute Gasteiger partial charge is 0.276 e. The summed E-state index contributed by atoms with van der Waals surface area (Å²) in [4.78, 5) is 23.5. The largest absolute Gasteiger partial charge is 0.483 e. The van der Waals surface area contributed by atoms with Gasteiger partial charge in [0.2, 0.25) is 0 Å². The number of carbonyl (C=O) groups is 2. The van der Waals surface area contributed by atoms with Crippen LogP contribution in [0.3, 0.4) is 0 Å². The molecule has 0 unspecified atom stereocenters. The molecule has 0 bridgehead atoms. The van der Waals surface area contributed by atoms with Gasteiger partial charge in [-0.15, -0.1) is 0 Å². The molecule has 26 heavy (non-hydrogen) atoms. The Hall–Kier alpha value is -2.60. The van der Waals surface area contributed by atoms with E-state index in [-0.39, 0.29) is 6.61 Å². The van der Waals surface area contributed by atoms with E-state index in [1.807, 2.05) is 48.5 Å². The number of carbonyl (C=O) groups excluding carboxylic acids is 2. The van der Waals surface area contributed by atoms with Crippen molar-refractivity contribution in [2.45, 2.75) is 19.8 Å². The third kappa shape index (κ3) is 6.37. The van der Waals surface area contributed by atoms with Crippen molar-refractivity contribution < 1.29 is 14.3 Å². The van der Waals surface area contributed by atoms with Gasteiger partial charge in [0, 0.05) is 6.08 Å². The van der Waals surface area contributed by atoms with E-state index < -0.39 is 11.8 Å². The van der Waals surface area contributed by atoms with Crippen LogP contribution in [0.1, 0.15) is 30.9 Å². The number of hydrogen-bond acceptors (Lipinski definition) is 3. The zero-order valence-corrected chi connectivity index (χ0v) is 16.2. The third-order valence-corrected chi connectivity index (χ3v) is 4.15. The molecule has 2 amide bonds. The average Bonchev–Trinajstić information content (AvgIpc) is 2.64. The van der Waals surface area contributed by atoms with E-state index in [0.717, 1.165) is 10.0 Å². The van der Waals surface area contributed by atoms with Crippen molar-refractivity contribution in [1.82, 2.24) is 10.9 Å². The molecule has 2 aromatic carbocycles. The maximum absolute atomic E-state index is 11.8. The third-order valence-electron chi connectivity index (χ3n) is 3.53. The predicted octanol–water partition coefficient (Wildman–Crippen LogP) is 3.81. The van der Waals surface area contributed by atoms with E-state index in [9.17, 15) is 9.59 Å². The molecule has 0 aliphatic rings. The minimum atomic E-state index is -0.453. The second-order valence-electron chi connectivity index (χ2n) is 5.91. The zero-order chi connectivity index (χ0) is 18.9. The standard InChI is InChI=1S/C20H21BrN2O3/c1-14(2)16-9-10-18(17(21)12-16)26-13-20(25)23-22-19(24)11-8-15-6-4-3-5-7-15/h3-12,14H,13H2,1-2H3,(H,22,24)(H,23,25). The van der Waals surface area contributed by atoms with E-state index >= 15 is 0 Å². The van der Waals surface area contributed by atoms with E-state index in [0.29, 0.717) is 11.7 Å². The number of halogens is 1. The molecule has 0 saturated heterocycles. The Morgan fingerprint density at radius 2 is 1.85 bits per heavy atom. The van der Waals surface area contributed by atoms with E-state index in [1.54, 1.807) is 6.08 Å². The topological polar surface area (TPSA) is 67.4 Å². The van der Waals surface area contributed by atoms with Gasteiger partial charge in [-0.3, -0.25) is 20.4 Å². The van der Waals surface area contributed by atoms with Gasteiger partial charge >= 0.3 is 0 Å². The Labute approximate surface area is 161 Å². The van der Waals surface area contributed by atoms with Gasteiger partial charge in [0.1, 0.15) is 5.75 Å². The molecule has 5 nitrogen and oxygen atoms in total. The van der Waals surface area contributed by atoms with Crippen LogP contribution in [0.2, 0.25) is 0 Å². The lowest BCUT2D eigenvalue weighted by molar-refractivity contribution is -0.128. The highest BCUT2D eigenvalue weighted by molar-refractivity contribution is 9.10. The van der Waals surface area contributed by atoms with E-state index in [4.69, 9.17) is 4.74 Å². The van der Waals surface area contributed by atoms with Gasteiger partial charge in [-0.1, -0.05) is 50.2 Å². The van der Waals surface area contributed by atoms with Gasteiger partial charge in [-0.25, -0.2) is 0 Å². The molecule has 6 heteroatoms. The van der Waals surface area contributed by atoms with E-state index in [2.05, 4.69) is 40.6 Å². The molecular formula is C20H21BrN2O3. The van der Waals surface area contributed by atoms with Gasteiger partial charge in [0.15, 0.2) is 6.61 Å². The molecule has 0 fully saturated rings. The number of benzene rings is 2. The minimum absolute atomic E-state index is 0.206. The molecule has 0 radical (unpaired) electrons. The number of ether oxygens (including phenoxy) is 1. The lowest BCUT2D eigenvalue weighted by Crippen LogP contribution is -2.43. The average molecular weight is 417 g/mol. The summed E-state index contributed by atoms with van der Waals surface area (Å²) >= 11 is 3.43. The maximum atomic E-state index is 11.8. The highest BCUT2D eigenvalue weighted by atomic mass is 79.9. The fourth-order valence-corrected chi connectivity index (χ4v) is 2.59. The van der Waals surface area contributed by atoms with Crippen LogP contribution in [0, 0.1) is 0 Å². The normalized spacial score (nSPS) is 10.8. The summed E-state index contributed by atoms with van der Waals surface area (Å²) in [6, 6.07) is 15.1.